The van der Waals surface area contributed by atoms with E-state index in [9.17, 15) is 19.2 Å². The quantitative estimate of drug-likeness (QED) is 0.524. The summed E-state index contributed by atoms with van der Waals surface area (Å²) in [6.45, 7) is 1.59. The fourth-order valence-corrected chi connectivity index (χ4v) is 4.53. The number of thiophene rings is 1. The average Bonchev–Trinajstić information content (AvgIpc) is 3.35. The Labute approximate surface area is 172 Å². The zero-order valence-corrected chi connectivity index (χ0v) is 17.1. The smallest absolute Gasteiger partial charge is 0.311 e. The number of thiazole rings is 1. The summed E-state index contributed by atoms with van der Waals surface area (Å²) < 4.78 is 4.85. The molecule has 2 aromatic heterocycles. The van der Waals surface area contributed by atoms with E-state index < -0.39 is 29.6 Å². The summed E-state index contributed by atoms with van der Waals surface area (Å²) >= 11 is 3.40. The van der Waals surface area contributed by atoms with Gasteiger partial charge in [-0.25, -0.2) is 4.98 Å². The molecule has 3 amide bonds. The highest BCUT2D eigenvalue weighted by Gasteiger charge is 2.36. The summed E-state index contributed by atoms with van der Waals surface area (Å²) in [6.07, 6.45) is 1.65. The summed E-state index contributed by atoms with van der Waals surface area (Å²) in [5.74, 6) is -1.45. The zero-order valence-electron chi connectivity index (χ0n) is 14.7. The van der Waals surface area contributed by atoms with Crippen molar-refractivity contribution >= 4 is 68.7 Å². The van der Waals surface area contributed by atoms with E-state index in [1.807, 2.05) is 17.5 Å². The Hall–Kier alpha value is -2.50. The monoisotopic (exact) mass is 437 g/mol. The van der Waals surface area contributed by atoms with Gasteiger partial charge in [0.2, 0.25) is 5.91 Å². The van der Waals surface area contributed by atoms with Gasteiger partial charge in [0, 0.05) is 10.3 Å². The Morgan fingerprint density at radius 2 is 2.14 bits per heavy atom. The van der Waals surface area contributed by atoms with E-state index in [0.717, 1.165) is 32.9 Å². The molecule has 1 fully saturated rings. The van der Waals surface area contributed by atoms with Gasteiger partial charge in [0.1, 0.15) is 6.54 Å². The molecule has 0 aliphatic carbocycles. The molecule has 0 saturated carbocycles. The third-order valence-corrected chi connectivity index (χ3v) is 5.95. The molecular weight excluding hydrogens is 422 g/mol. The Morgan fingerprint density at radius 3 is 2.86 bits per heavy atom. The van der Waals surface area contributed by atoms with E-state index >= 15 is 0 Å². The van der Waals surface area contributed by atoms with Gasteiger partial charge in [0.15, 0.2) is 5.13 Å². The fraction of sp³-hybridized carbons (Fsp3) is 0.235. The topological polar surface area (TPSA) is 106 Å². The molecule has 0 spiro atoms. The number of amides is 3. The minimum Gasteiger partial charge on any atom is -0.466 e. The van der Waals surface area contributed by atoms with Crippen LogP contribution in [0, 0.1) is 0 Å². The maximum Gasteiger partial charge on any atom is 0.311 e. The van der Waals surface area contributed by atoms with Crippen LogP contribution in [0.25, 0.3) is 6.08 Å². The Bertz CT molecular complexity index is 936. The van der Waals surface area contributed by atoms with Crippen molar-refractivity contribution in [3.05, 3.63) is 38.4 Å². The van der Waals surface area contributed by atoms with Crippen molar-refractivity contribution < 1.29 is 23.9 Å². The van der Waals surface area contributed by atoms with Crippen LogP contribution in [0.15, 0.2) is 27.8 Å². The lowest BCUT2D eigenvalue weighted by Gasteiger charge is -2.11. The van der Waals surface area contributed by atoms with Crippen LogP contribution in [0.4, 0.5) is 9.93 Å². The van der Waals surface area contributed by atoms with Crippen molar-refractivity contribution in [3.8, 4) is 0 Å². The first-order valence-corrected chi connectivity index (χ1v) is 10.7. The minimum atomic E-state index is -0.545. The summed E-state index contributed by atoms with van der Waals surface area (Å²) in [5.41, 5.74) is 0.476. The Kier molecular flexibility index (Phi) is 6.60. The lowest BCUT2D eigenvalue weighted by molar-refractivity contribution is -0.142. The van der Waals surface area contributed by atoms with Crippen LogP contribution in [-0.4, -0.2) is 46.1 Å². The van der Waals surface area contributed by atoms with Crippen LogP contribution in [0.2, 0.25) is 0 Å². The molecular formula is C17H15N3O5S3. The number of thioether (sulfide) groups is 1. The molecule has 0 radical (unpaired) electrons. The Morgan fingerprint density at radius 1 is 1.32 bits per heavy atom. The molecule has 3 heterocycles. The molecule has 0 atom stereocenters. The molecule has 28 heavy (non-hydrogen) atoms. The number of hydrogen-bond acceptors (Lipinski definition) is 9. The maximum atomic E-state index is 12.4. The van der Waals surface area contributed by atoms with Crippen LogP contribution in [-0.2, 0) is 25.5 Å². The molecule has 1 N–H and O–H groups in total. The van der Waals surface area contributed by atoms with Crippen molar-refractivity contribution in [1.29, 1.82) is 0 Å². The molecule has 11 heteroatoms. The third kappa shape index (κ3) is 5.06. The van der Waals surface area contributed by atoms with Crippen LogP contribution < -0.4 is 5.32 Å². The predicted octanol–water partition coefficient (Wildman–Crippen LogP) is 2.99. The molecule has 1 saturated heterocycles. The van der Waals surface area contributed by atoms with Gasteiger partial charge in [-0.15, -0.1) is 22.7 Å². The number of carbonyl (C=O) groups is 4. The second-order valence-electron chi connectivity index (χ2n) is 5.46. The van der Waals surface area contributed by atoms with Crippen LogP contribution in [0.5, 0.6) is 0 Å². The van der Waals surface area contributed by atoms with Gasteiger partial charge in [-0.1, -0.05) is 6.07 Å². The standard InChI is InChI=1S/C17H15N3O5S3/c1-2-25-14(22)6-10-9-27-16(18-10)19-13(21)8-20-15(23)12(28-17(20)24)7-11-4-3-5-26-11/h3-5,7,9H,2,6,8H2,1H3,(H,18,19,21)/b12-7+. The van der Waals surface area contributed by atoms with Gasteiger partial charge < -0.3 is 10.1 Å². The van der Waals surface area contributed by atoms with Gasteiger partial charge in [-0.2, -0.15) is 0 Å². The summed E-state index contributed by atoms with van der Waals surface area (Å²) in [7, 11) is 0. The number of anilines is 1. The number of hydrogen-bond donors (Lipinski definition) is 1. The fourth-order valence-electron chi connectivity index (χ4n) is 2.25. The predicted molar refractivity (Wildman–Crippen MR) is 108 cm³/mol. The number of nitrogens with one attached hydrogen (secondary N) is 1. The summed E-state index contributed by atoms with van der Waals surface area (Å²) in [6, 6.07) is 3.68. The van der Waals surface area contributed by atoms with Crippen LogP contribution >= 0.6 is 34.4 Å². The van der Waals surface area contributed by atoms with Gasteiger partial charge >= 0.3 is 5.97 Å². The largest absolute Gasteiger partial charge is 0.466 e. The van der Waals surface area contributed by atoms with Gasteiger partial charge in [0.25, 0.3) is 11.1 Å². The molecule has 1 aliphatic heterocycles. The van der Waals surface area contributed by atoms with Crippen LogP contribution in [0.1, 0.15) is 17.5 Å². The third-order valence-electron chi connectivity index (χ3n) is 3.42. The first kappa shape index (κ1) is 20.2. The summed E-state index contributed by atoms with van der Waals surface area (Å²) in [5, 5.41) is 5.83. The molecule has 0 unspecified atom stereocenters. The number of ether oxygens (including phenoxy) is 1. The van der Waals surface area contributed by atoms with Crippen LogP contribution in [0.3, 0.4) is 0 Å². The van der Waals surface area contributed by atoms with Crippen molar-refractivity contribution in [3.63, 3.8) is 0 Å². The molecule has 146 valence electrons. The molecule has 8 nitrogen and oxygen atoms in total. The lowest BCUT2D eigenvalue weighted by Crippen LogP contribution is -2.36. The number of esters is 1. The molecule has 2 aromatic rings. The number of imide groups is 1. The molecule has 0 aromatic carbocycles. The van der Waals surface area contributed by atoms with E-state index in [0.29, 0.717) is 5.69 Å². The van der Waals surface area contributed by atoms with E-state index in [4.69, 9.17) is 4.74 Å². The normalized spacial score (nSPS) is 15.3. The Balaban J connectivity index is 1.57. The highest BCUT2D eigenvalue weighted by molar-refractivity contribution is 8.18. The van der Waals surface area contributed by atoms with Crippen molar-refractivity contribution in [2.45, 2.75) is 13.3 Å². The van der Waals surface area contributed by atoms with E-state index in [1.165, 1.54) is 11.3 Å². The van der Waals surface area contributed by atoms with E-state index in [2.05, 4.69) is 10.3 Å². The van der Waals surface area contributed by atoms with Gasteiger partial charge in [-0.05, 0) is 36.2 Å². The molecule has 3 rings (SSSR count). The average molecular weight is 438 g/mol. The number of aromatic nitrogens is 1. The second kappa shape index (κ2) is 9.13. The SMILES string of the molecule is CCOC(=O)Cc1csc(NC(=O)CN2C(=O)S/C(=C/c3cccs3)C2=O)n1. The van der Waals surface area contributed by atoms with Gasteiger partial charge in [-0.3, -0.25) is 24.1 Å². The second-order valence-corrected chi connectivity index (χ2v) is 8.29. The van der Waals surface area contributed by atoms with Crippen molar-refractivity contribution in [2.75, 3.05) is 18.5 Å². The van der Waals surface area contributed by atoms with Crippen molar-refractivity contribution in [2.24, 2.45) is 0 Å². The van der Waals surface area contributed by atoms with Crippen molar-refractivity contribution in [1.82, 2.24) is 9.88 Å². The first-order chi connectivity index (χ1) is 13.5. The number of nitrogens with zero attached hydrogens (tertiary/aromatic N) is 2. The minimum absolute atomic E-state index is 0.0107. The highest BCUT2D eigenvalue weighted by Crippen LogP contribution is 2.32. The number of carbonyl (C=O) groups excluding carboxylic acids is 4. The summed E-state index contributed by atoms with van der Waals surface area (Å²) in [4.78, 5) is 54.3. The van der Waals surface area contributed by atoms with E-state index in [-0.39, 0.29) is 23.1 Å². The molecule has 0 bridgehead atoms. The first-order valence-electron chi connectivity index (χ1n) is 8.15. The maximum absolute atomic E-state index is 12.4. The molecule has 1 aliphatic rings. The van der Waals surface area contributed by atoms with E-state index in [1.54, 1.807) is 18.4 Å². The highest BCUT2D eigenvalue weighted by atomic mass is 32.2. The lowest BCUT2D eigenvalue weighted by atomic mass is 10.3. The number of rotatable bonds is 7. The van der Waals surface area contributed by atoms with Gasteiger partial charge in [0.05, 0.1) is 23.6 Å². The zero-order chi connectivity index (χ0) is 20.1.